The Bertz CT molecular complexity index is 868. The highest BCUT2D eigenvalue weighted by Gasteiger charge is 2.17. The van der Waals surface area contributed by atoms with Crippen LogP contribution in [0.15, 0.2) is 47.4 Å². The first-order chi connectivity index (χ1) is 11.2. The number of sulfonamides is 1. The van der Waals surface area contributed by atoms with Crippen LogP contribution >= 0.6 is 0 Å². The van der Waals surface area contributed by atoms with E-state index in [1.54, 1.807) is 6.92 Å². The zero-order valence-electron chi connectivity index (χ0n) is 13.4. The molecule has 0 bridgehead atoms. The van der Waals surface area contributed by atoms with Gasteiger partial charge < -0.3 is 0 Å². The third-order valence-corrected chi connectivity index (χ3v) is 4.75. The minimum Gasteiger partial charge on any atom is -0.280 e. The van der Waals surface area contributed by atoms with E-state index in [-0.39, 0.29) is 16.1 Å². The molecular weight excluding hydrogens is 335 g/mol. The lowest BCUT2D eigenvalue weighted by molar-refractivity contribution is -0.0756. The molecule has 24 heavy (non-hydrogen) atoms. The average Bonchev–Trinajstić information content (AvgIpc) is 2.55. The summed E-state index contributed by atoms with van der Waals surface area (Å²) in [5.41, 5.74) is 0.783. The van der Waals surface area contributed by atoms with Crippen molar-refractivity contribution in [2.45, 2.75) is 11.8 Å². The van der Waals surface area contributed by atoms with E-state index >= 15 is 0 Å². The molecule has 2 aromatic carbocycles. The maximum atomic E-state index is 13.6. The first-order valence-electron chi connectivity index (χ1n) is 6.96. The highest BCUT2D eigenvalue weighted by Crippen LogP contribution is 2.19. The Kier molecular flexibility index (Phi) is 5.20. The highest BCUT2D eigenvalue weighted by atomic mass is 32.2. The van der Waals surface area contributed by atoms with Crippen LogP contribution in [-0.4, -0.2) is 33.5 Å². The predicted molar refractivity (Wildman–Crippen MR) is 87.5 cm³/mol. The molecule has 1 N–H and O–H groups in total. The molecule has 0 aliphatic heterocycles. The molecule has 6 nitrogen and oxygen atoms in total. The summed E-state index contributed by atoms with van der Waals surface area (Å²) in [5.74, 6) is -1.04. The Morgan fingerprint density at radius 2 is 1.92 bits per heavy atom. The number of hydrogen-bond donors (Lipinski definition) is 1. The largest absolute Gasteiger partial charge is 0.280 e. The number of nitrogens with one attached hydrogen (secondary N) is 1. The fourth-order valence-corrected chi connectivity index (χ4v) is 3.00. The SMILES string of the molecule is CON(C)C(=O)c1cccc(NS(=O)(=O)c2ccc(C)c(F)c2)c1. The van der Waals surface area contributed by atoms with Gasteiger partial charge in [-0.1, -0.05) is 12.1 Å². The molecular formula is C16H17FN2O4S. The van der Waals surface area contributed by atoms with Crippen molar-refractivity contribution in [3.8, 4) is 0 Å². The number of amides is 1. The quantitative estimate of drug-likeness (QED) is 0.839. The molecule has 0 aliphatic carbocycles. The fraction of sp³-hybridized carbons (Fsp3) is 0.188. The Morgan fingerprint density at radius 3 is 2.54 bits per heavy atom. The van der Waals surface area contributed by atoms with Crippen molar-refractivity contribution >= 4 is 21.6 Å². The summed E-state index contributed by atoms with van der Waals surface area (Å²) in [4.78, 5) is 16.6. The van der Waals surface area contributed by atoms with Crippen molar-refractivity contribution in [3.63, 3.8) is 0 Å². The number of hydroxylamine groups is 2. The van der Waals surface area contributed by atoms with Gasteiger partial charge in [0.1, 0.15) is 5.82 Å². The molecule has 0 saturated carbocycles. The minimum absolute atomic E-state index is 0.186. The van der Waals surface area contributed by atoms with Gasteiger partial charge in [0, 0.05) is 18.3 Å². The molecule has 0 heterocycles. The van der Waals surface area contributed by atoms with Gasteiger partial charge >= 0.3 is 0 Å². The summed E-state index contributed by atoms with van der Waals surface area (Å²) >= 11 is 0. The van der Waals surface area contributed by atoms with Crippen LogP contribution in [0, 0.1) is 12.7 Å². The van der Waals surface area contributed by atoms with Crippen LogP contribution in [0.3, 0.4) is 0 Å². The van der Waals surface area contributed by atoms with Crippen LogP contribution in [0.25, 0.3) is 0 Å². The maximum Gasteiger partial charge on any atom is 0.277 e. The Morgan fingerprint density at radius 1 is 1.21 bits per heavy atom. The van der Waals surface area contributed by atoms with E-state index in [9.17, 15) is 17.6 Å². The van der Waals surface area contributed by atoms with Gasteiger partial charge in [0.05, 0.1) is 12.0 Å². The van der Waals surface area contributed by atoms with E-state index in [0.29, 0.717) is 5.56 Å². The zero-order valence-corrected chi connectivity index (χ0v) is 14.2. The first kappa shape index (κ1) is 17.9. The summed E-state index contributed by atoms with van der Waals surface area (Å²) < 4.78 is 40.6. The normalized spacial score (nSPS) is 11.2. The second kappa shape index (κ2) is 6.98. The maximum absolute atomic E-state index is 13.6. The third-order valence-electron chi connectivity index (χ3n) is 3.38. The smallest absolute Gasteiger partial charge is 0.277 e. The van der Waals surface area contributed by atoms with Crippen molar-refractivity contribution < 1.29 is 22.4 Å². The average molecular weight is 352 g/mol. The number of nitrogens with zero attached hydrogens (tertiary/aromatic N) is 1. The summed E-state index contributed by atoms with van der Waals surface area (Å²) in [6.45, 7) is 1.54. The minimum atomic E-state index is -3.97. The Balaban J connectivity index is 2.30. The number of anilines is 1. The van der Waals surface area contributed by atoms with E-state index in [1.165, 1.54) is 50.6 Å². The van der Waals surface area contributed by atoms with Gasteiger partial charge in [0.2, 0.25) is 0 Å². The van der Waals surface area contributed by atoms with Gasteiger partial charge in [0.15, 0.2) is 0 Å². The lowest BCUT2D eigenvalue weighted by atomic mass is 10.2. The Labute approximate surface area is 139 Å². The molecule has 1 amide bonds. The van der Waals surface area contributed by atoms with Crippen LogP contribution in [0.5, 0.6) is 0 Å². The van der Waals surface area contributed by atoms with Gasteiger partial charge in [-0.25, -0.2) is 17.9 Å². The van der Waals surface area contributed by atoms with Crippen molar-refractivity contribution in [2.24, 2.45) is 0 Å². The van der Waals surface area contributed by atoms with Crippen LogP contribution < -0.4 is 4.72 Å². The standard InChI is InChI=1S/C16H17FN2O4S/c1-11-7-8-14(10-15(11)17)24(21,22)18-13-6-4-5-12(9-13)16(20)19(2)23-3/h4-10,18H,1-3H3. The van der Waals surface area contributed by atoms with E-state index in [2.05, 4.69) is 4.72 Å². The molecule has 0 aromatic heterocycles. The van der Waals surface area contributed by atoms with E-state index < -0.39 is 21.7 Å². The van der Waals surface area contributed by atoms with Crippen molar-refractivity contribution in [2.75, 3.05) is 18.9 Å². The van der Waals surface area contributed by atoms with Gasteiger partial charge in [-0.15, -0.1) is 0 Å². The van der Waals surface area contributed by atoms with Crippen LogP contribution in [-0.2, 0) is 14.9 Å². The van der Waals surface area contributed by atoms with Gasteiger partial charge in [-0.2, -0.15) is 0 Å². The lowest BCUT2D eigenvalue weighted by Gasteiger charge is -2.14. The van der Waals surface area contributed by atoms with Crippen LogP contribution in [0.2, 0.25) is 0 Å². The van der Waals surface area contributed by atoms with Gasteiger partial charge in [-0.3, -0.25) is 14.4 Å². The van der Waals surface area contributed by atoms with E-state index in [1.807, 2.05) is 0 Å². The predicted octanol–water partition coefficient (Wildman–Crippen LogP) is 2.57. The molecule has 8 heteroatoms. The molecule has 0 aliphatic rings. The first-order valence-corrected chi connectivity index (χ1v) is 8.44. The number of hydrogen-bond acceptors (Lipinski definition) is 4. The topological polar surface area (TPSA) is 75.7 Å². The number of rotatable bonds is 5. The lowest BCUT2D eigenvalue weighted by Crippen LogP contribution is -2.25. The number of benzene rings is 2. The van der Waals surface area contributed by atoms with Crippen molar-refractivity contribution in [1.82, 2.24) is 5.06 Å². The van der Waals surface area contributed by atoms with Gasteiger partial charge in [0.25, 0.3) is 15.9 Å². The molecule has 2 rings (SSSR count). The molecule has 0 radical (unpaired) electrons. The van der Waals surface area contributed by atoms with Crippen molar-refractivity contribution in [1.29, 1.82) is 0 Å². The summed E-state index contributed by atoms with van der Waals surface area (Å²) in [6.07, 6.45) is 0. The number of carbonyl (C=O) groups excluding carboxylic acids is 1. The Hall–Kier alpha value is -2.45. The zero-order chi connectivity index (χ0) is 17.9. The number of aryl methyl sites for hydroxylation is 1. The number of halogens is 1. The molecule has 0 saturated heterocycles. The van der Waals surface area contributed by atoms with E-state index in [4.69, 9.17) is 4.84 Å². The molecule has 128 valence electrons. The van der Waals surface area contributed by atoms with Crippen LogP contribution in [0.1, 0.15) is 15.9 Å². The molecule has 0 fully saturated rings. The fourth-order valence-electron chi connectivity index (χ4n) is 1.94. The summed E-state index contributed by atoms with van der Waals surface area (Å²) in [7, 11) is -1.18. The number of carbonyl (C=O) groups is 1. The third kappa shape index (κ3) is 3.90. The summed E-state index contributed by atoms with van der Waals surface area (Å²) in [6, 6.07) is 9.58. The van der Waals surface area contributed by atoms with E-state index in [0.717, 1.165) is 11.1 Å². The van der Waals surface area contributed by atoms with Crippen LogP contribution in [0.4, 0.5) is 10.1 Å². The second-order valence-electron chi connectivity index (χ2n) is 5.08. The molecule has 0 atom stereocenters. The highest BCUT2D eigenvalue weighted by molar-refractivity contribution is 7.92. The monoisotopic (exact) mass is 352 g/mol. The summed E-state index contributed by atoms with van der Waals surface area (Å²) in [5, 5.41) is 1.02. The second-order valence-corrected chi connectivity index (χ2v) is 6.76. The molecule has 0 spiro atoms. The van der Waals surface area contributed by atoms with Gasteiger partial charge in [-0.05, 0) is 42.8 Å². The van der Waals surface area contributed by atoms with Crippen molar-refractivity contribution in [3.05, 3.63) is 59.4 Å². The molecule has 0 unspecified atom stereocenters. The molecule has 2 aromatic rings.